The Balaban J connectivity index is 1.37. The fourth-order valence-electron chi connectivity index (χ4n) is 4.07. The summed E-state index contributed by atoms with van der Waals surface area (Å²) in [7, 11) is 0. The molecule has 6 rings (SSSR count). The number of aromatic nitrogens is 7. The predicted molar refractivity (Wildman–Crippen MR) is 125 cm³/mol. The van der Waals surface area contributed by atoms with E-state index in [2.05, 4.69) is 35.9 Å². The third-order valence-corrected chi connectivity index (χ3v) is 6.02. The average Bonchev–Trinajstić information content (AvgIpc) is 3.51. The van der Waals surface area contributed by atoms with Crippen molar-refractivity contribution in [2.24, 2.45) is 4.99 Å². The van der Waals surface area contributed by atoms with Crippen LogP contribution in [0.2, 0.25) is 0 Å². The van der Waals surface area contributed by atoms with Gasteiger partial charge in [-0.3, -0.25) is 4.98 Å². The first-order valence-corrected chi connectivity index (χ1v) is 11.3. The minimum atomic E-state index is -0.504. The highest BCUT2D eigenvalue weighted by molar-refractivity contribution is 5.58. The first-order valence-electron chi connectivity index (χ1n) is 11.3. The summed E-state index contributed by atoms with van der Waals surface area (Å²) in [6, 6.07) is 5.96. The number of rotatable bonds is 4. The van der Waals surface area contributed by atoms with Gasteiger partial charge in [0.15, 0.2) is 5.65 Å². The summed E-state index contributed by atoms with van der Waals surface area (Å²) in [6.45, 7) is 2.59. The van der Waals surface area contributed by atoms with Crippen molar-refractivity contribution in [1.29, 1.82) is 5.26 Å². The summed E-state index contributed by atoms with van der Waals surface area (Å²) in [4.78, 5) is 39.1. The van der Waals surface area contributed by atoms with Gasteiger partial charge in [-0.25, -0.2) is 14.8 Å². The maximum atomic E-state index is 11.5. The van der Waals surface area contributed by atoms with Crippen molar-refractivity contribution in [2.75, 3.05) is 36.0 Å². The Labute approximate surface area is 197 Å². The molecule has 0 unspecified atom stereocenters. The smallest absolute Gasteiger partial charge is 0.326 e. The molecule has 0 atom stereocenters. The molecule has 0 bridgehead atoms. The van der Waals surface area contributed by atoms with E-state index < -0.39 is 5.69 Å². The molecular weight excluding hydrogens is 450 g/mol. The van der Waals surface area contributed by atoms with E-state index in [1.165, 1.54) is 0 Å². The molecule has 4 aromatic rings. The number of aromatic hydroxyl groups is 1. The molecule has 176 valence electrons. The van der Waals surface area contributed by atoms with Crippen molar-refractivity contribution in [3.63, 3.8) is 0 Å². The lowest BCUT2D eigenvalue weighted by molar-refractivity contribution is 0.454. The first kappa shape index (κ1) is 20.8. The Kier molecular flexibility index (Phi) is 4.91. The lowest BCUT2D eigenvalue weighted by atomic mass is 10.2. The second kappa shape index (κ2) is 8.24. The zero-order valence-electron chi connectivity index (χ0n) is 18.6. The van der Waals surface area contributed by atoms with Crippen molar-refractivity contribution in [3.8, 4) is 11.9 Å². The van der Waals surface area contributed by atoms with Crippen LogP contribution in [0.5, 0.6) is 5.88 Å². The number of nitrogens with one attached hydrogen (secondary N) is 2. The lowest BCUT2D eigenvalue weighted by Gasteiger charge is -2.35. The molecule has 2 fully saturated rings. The summed E-state index contributed by atoms with van der Waals surface area (Å²) < 4.78 is 1.58. The molecule has 13 heteroatoms. The van der Waals surface area contributed by atoms with Crippen LogP contribution in [0.25, 0.3) is 11.7 Å². The Hall–Kier alpha value is -4.73. The number of piperazine rings is 1. The second-order valence-corrected chi connectivity index (χ2v) is 8.47. The standard InChI is InChI=1S/C22H21N11O2/c23-11-13-2-1-5-24-17(13)31-6-8-32(9-7-31)20-28-18-14(10-16-19(34)29-22(35)27-16)12-25-33(18)21(30-20)26-15-3-4-15/h1-2,5,10,12,15,34H,3-4,6-9H2,(H2,27,29,35). The Bertz CT molecular complexity index is 1630. The van der Waals surface area contributed by atoms with Crippen molar-refractivity contribution in [3.05, 3.63) is 57.1 Å². The van der Waals surface area contributed by atoms with Gasteiger partial charge in [0.05, 0.1) is 17.8 Å². The largest absolute Gasteiger partial charge is 0.493 e. The van der Waals surface area contributed by atoms with Crippen molar-refractivity contribution < 1.29 is 5.11 Å². The normalized spacial score (nSPS) is 17.3. The topological polar surface area (TPSA) is 167 Å². The number of hydrogen-bond donors (Lipinski definition) is 3. The second-order valence-electron chi connectivity index (χ2n) is 8.47. The van der Waals surface area contributed by atoms with Crippen molar-refractivity contribution in [1.82, 2.24) is 34.5 Å². The predicted octanol–water partition coefficient (Wildman–Crippen LogP) is -0.950. The summed E-state index contributed by atoms with van der Waals surface area (Å²) >= 11 is 0. The molecule has 35 heavy (non-hydrogen) atoms. The number of aromatic amines is 2. The molecule has 0 aromatic carbocycles. The summed E-state index contributed by atoms with van der Waals surface area (Å²) in [5.74, 6) is 0.956. The fourth-order valence-corrected chi connectivity index (χ4v) is 4.07. The monoisotopic (exact) mass is 471 g/mol. The molecule has 0 amide bonds. The van der Waals surface area contributed by atoms with Crippen molar-refractivity contribution in [2.45, 2.75) is 18.9 Å². The van der Waals surface area contributed by atoms with E-state index >= 15 is 0 Å². The van der Waals surface area contributed by atoms with E-state index in [0.29, 0.717) is 60.0 Å². The molecule has 4 aromatic heterocycles. The van der Waals surface area contributed by atoms with Crippen LogP contribution in [-0.2, 0) is 0 Å². The minimum Gasteiger partial charge on any atom is -0.493 e. The van der Waals surface area contributed by atoms with E-state index in [0.717, 1.165) is 12.8 Å². The highest BCUT2D eigenvalue weighted by atomic mass is 16.3. The van der Waals surface area contributed by atoms with Crippen LogP contribution < -0.4 is 26.3 Å². The lowest BCUT2D eigenvalue weighted by Crippen LogP contribution is -2.48. The average molecular weight is 471 g/mol. The van der Waals surface area contributed by atoms with Crippen LogP contribution in [-0.4, -0.2) is 71.9 Å². The summed E-state index contributed by atoms with van der Waals surface area (Å²) in [5, 5.41) is 24.4. The minimum absolute atomic E-state index is 0.230. The number of anilines is 2. The molecule has 0 radical (unpaired) electrons. The maximum absolute atomic E-state index is 11.5. The van der Waals surface area contributed by atoms with Gasteiger partial charge in [0, 0.05) is 37.6 Å². The zero-order valence-corrected chi connectivity index (χ0v) is 18.6. The van der Waals surface area contributed by atoms with Crippen LogP contribution >= 0.6 is 0 Å². The van der Waals surface area contributed by atoms with Crippen LogP contribution in [0.3, 0.4) is 0 Å². The molecule has 1 saturated heterocycles. The number of pyridine rings is 1. The molecule has 1 aliphatic heterocycles. The van der Waals surface area contributed by atoms with Gasteiger partial charge in [-0.15, -0.1) is 0 Å². The van der Waals surface area contributed by atoms with Gasteiger partial charge < -0.3 is 19.9 Å². The van der Waals surface area contributed by atoms with Gasteiger partial charge in [0.25, 0.3) is 5.62 Å². The van der Waals surface area contributed by atoms with Gasteiger partial charge in [0.1, 0.15) is 17.6 Å². The Morgan fingerprint density at radius 1 is 1.17 bits per heavy atom. The summed E-state index contributed by atoms with van der Waals surface area (Å²) in [6.07, 6.45) is 6.94. The number of nitriles is 1. The van der Waals surface area contributed by atoms with Crippen LogP contribution in [0.1, 0.15) is 24.1 Å². The molecule has 3 N–H and O–H groups in total. The number of fused-ring (bicyclic) bond motifs is 1. The van der Waals surface area contributed by atoms with E-state index in [4.69, 9.17) is 15.0 Å². The molecule has 13 nitrogen and oxygen atoms in total. The number of H-pyrrole nitrogens is 2. The van der Waals surface area contributed by atoms with Gasteiger partial charge in [-0.05, 0) is 31.1 Å². The van der Waals surface area contributed by atoms with Crippen molar-refractivity contribution >= 4 is 23.5 Å². The fraction of sp³-hybridized carbons (Fsp3) is 0.318. The van der Waals surface area contributed by atoms with Gasteiger partial charge >= 0.3 is 5.69 Å². The van der Waals surface area contributed by atoms with Crippen LogP contribution in [0.4, 0.5) is 11.8 Å². The molecular formula is C22H21N11O2. The quantitative estimate of drug-likeness (QED) is 0.340. The van der Waals surface area contributed by atoms with Gasteiger partial charge in [-0.2, -0.15) is 24.8 Å². The highest BCUT2D eigenvalue weighted by Crippen LogP contribution is 2.23. The molecule has 2 aliphatic rings. The Morgan fingerprint density at radius 3 is 2.69 bits per heavy atom. The third kappa shape index (κ3) is 3.95. The third-order valence-electron chi connectivity index (χ3n) is 6.02. The summed E-state index contributed by atoms with van der Waals surface area (Å²) in [5.41, 5.74) is 1.28. The highest BCUT2D eigenvalue weighted by Gasteiger charge is 2.24. The number of imidazole rings is 1. The van der Waals surface area contributed by atoms with Crippen LogP contribution in [0.15, 0.2) is 34.3 Å². The van der Waals surface area contributed by atoms with Gasteiger partial charge in [-0.1, -0.05) is 0 Å². The number of nitrogens with zero attached hydrogens (tertiary/aromatic N) is 9. The van der Waals surface area contributed by atoms with E-state index in [1.807, 2.05) is 0 Å². The molecule has 1 saturated carbocycles. The molecule has 0 spiro atoms. The Morgan fingerprint density at radius 2 is 1.97 bits per heavy atom. The van der Waals surface area contributed by atoms with Crippen LogP contribution in [0, 0.1) is 11.3 Å². The van der Waals surface area contributed by atoms with E-state index in [-0.39, 0.29) is 17.6 Å². The van der Waals surface area contributed by atoms with E-state index in [1.54, 1.807) is 35.1 Å². The van der Waals surface area contributed by atoms with E-state index in [9.17, 15) is 15.2 Å². The maximum Gasteiger partial charge on any atom is 0.326 e. The molecule has 1 aliphatic carbocycles. The SMILES string of the molecule is N#Cc1cccnc1N1CCN(c2nc(=NC3CC3)n3ncc(=Cc4[nH]c(=O)[nH]c4O)c3n2)CC1. The van der Waals surface area contributed by atoms with Gasteiger partial charge in [0.2, 0.25) is 11.8 Å². The zero-order chi connectivity index (χ0) is 23.9. The number of hydrogen-bond acceptors (Lipinski definition) is 10. The first-order chi connectivity index (χ1) is 17.1. The molecule has 5 heterocycles.